The molecule has 0 aliphatic carbocycles. The molecule has 132 valence electrons. The van der Waals surface area contributed by atoms with Crippen LogP contribution in [0.3, 0.4) is 0 Å². The number of amides is 1. The standard InChI is InChI=1S/C17H15Cl2FN2O3/c1-9(11-5-14(20)13(19)6-12(11)18)21-7-17(23)22-10-2-3-15-16(4-10)25-8-24-15/h2-6,9,21H,7-8H2,1H3,(H,22,23)/t9-/m0/s1. The van der Waals surface area contributed by atoms with Gasteiger partial charge in [0.2, 0.25) is 12.7 Å². The molecule has 1 aliphatic rings. The maximum atomic E-state index is 13.6. The Balaban J connectivity index is 1.58. The summed E-state index contributed by atoms with van der Waals surface area (Å²) in [6.45, 7) is 1.98. The molecule has 5 nitrogen and oxygen atoms in total. The minimum absolute atomic E-state index is 0.0240. The van der Waals surface area contributed by atoms with Crippen molar-refractivity contribution in [2.45, 2.75) is 13.0 Å². The lowest BCUT2D eigenvalue weighted by atomic mass is 10.1. The quantitative estimate of drug-likeness (QED) is 0.760. The molecule has 8 heteroatoms. The van der Waals surface area contributed by atoms with Crippen LogP contribution < -0.4 is 20.1 Å². The van der Waals surface area contributed by atoms with Crippen LogP contribution >= 0.6 is 23.2 Å². The minimum Gasteiger partial charge on any atom is -0.454 e. The molecule has 0 radical (unpaired) electrons. The van der Waals surface area contributed by atoms with Crippen molar-refractivity contribution in [2.75, 3.05) is 18.7 Å². The number of hydrogen-bond acceptors (Lipinski definition) is 4. The third kappa shape index (κ3) is 4.15. The Hall–Kier alpha value is -2.02. The van der Waals surface area contributed by atoms with E-state index in [1.165, 1.54) is 12.1 Å². The molecule has 0 unspecified atom stereocenters. The van der Waals surface area contributed by atoms with Gasteiger partial charge in [0.25, 0.3) is 0 Å². The van der Waals surface area contributed by atoms with Crippen LogP contribution in [-0.2, 0) is 4.79 Å². The zero-order chi connectivity index (χ0) is 18.0. The molecule has 2 N–H and O–H groups in total. The van der Waals surface area contributed by atoms with Gasteiger partial charge in [-0.25, -0.2) is 4.39 Å². The van der Waals surface area contributed by atoms with E-state index in [-0.39, 0.29) is 30.3 Å². The first-order valence-electron chi connectivity index (χ1n) is 7.51. The zero-order valence-electron chi connectivity index (χ0n) is 13.2. The summed E-state index contributed by atoms with van der Waals surface area (Å²) < 4.78 is 24.1. The molecule has 1 amide bonds. The monoisotopic (exact) mass is 384 g/mol. The van der Waals surface area contributed by atoms with Gasteiger partial charge in [-0.3, -0.25) is 4.79 Å². The van der Waals surface area contributed by atoms with Gasteiger partial charge in [0, 0.05) is 22.8 Å². The zero-order valence-corrected chi connectivity index (χ0v) is 14.7. The molecule has 0 bridgehead atoms. The first-order chi connectivity index (χ1) is 11.9. The minimum atomic E-state index is -0.556. The molecule has 1 aliphatic heterocycles. The lowest BCUT2D eigenvalue weighted by Gasteiger charge is -2.16. The first kappa shape index (κ1) is 17.8. The van der Waals surface area contributed by atoms with Crippen molar-refractivity contribution in [2.24, 2.45) is 0 Å². The number of nitrogens with one attached hydrogen (secondary N) is 2. The Bertz CT molecular complexity index is 817. The van der Waals surface area contributed by atoms with Crippen LogP contribution in [0.1, 0.15) is 18.5 Å². The Labute approximate surface area is 154 Å². The van der Waals surface area contributed by atoms with E-state index >= 15 is 0 Å². The van der Waals surface area contributed by atoms with Crippen molar-refractivity contribution in [3.8, 4) is 11.5 Å². The summed E-state index contributed by atoms with van der Waals surface area (Å²) in [5.74, 6) is 0.419. The summed E-state index contributed by atoms with van der Waals surface area (Å²) in [5.41, 5.74) is 1.12. The smallest absolute Gasteiger partial charge is 0.238 e. The van der Waals surface area contributed by atoms with Crippen molar-refractivity contribution in [1.82, 2.24) is 5.32 Å². The van der Waals surface area contributed by atoms with Gasteiger partial charge in [-0.15, -0.1) is 0 Å². The van der Waals surface area contributed by atoms with Gasteiger partial charge < -0.3 is 20.1 Å². The van der Waals surface area contributed by atoms with Crippen molar-refractivity contribution in [1.29, 1.82) is 0 Å². The number of halogens is 3. The van der Waals surface area contributed by atoms with E-state index in [9.17, 15) is 9.18 Å². The molecule has 25 heavy (non-hydrogen) atoms. The Morgan fingerprint density at radius 1 is 1.20 bits per heavy atom. The van der Waals surface area contributed by atoms with Crippen molar-refractivity contribution >= 4 is 34.8 Å². The van der Waals surface area contributed by atoms with Gasteiger partial charge in [-0.05, 0) is 36.8 Å². The topological polar surface area (TPSA) is 59.6 Å². The van der Waals surface area contributed by atoms with E-state index in [4.69, 9.17) is 32.7 Å². The molecule has 0 spiro atoms. The predicted molar refractivity (Wildman–Crippen MR) is 94.0 cm³/mol. The molecule has 0 saturated heterocycles. The van der Waals surface area contributed by atoms with E-state index in [0.717, 1.165) is 0 Å². The average molecular weight is 385 g/mol. The van der Waals surface area contributed by atoms with E-state index in [1.54, 1.807) is 25.1 Å². The van der Waals surface area contributed by atoms with Crippen molar-refractivity contribution in [3.05, 3.63) is 51.8 Å². The number of anilines is 1. The molecule has 0 saturated carbocycles. The van der Waals surface area contributed by atoms with Gasteiger partial charge in [0.15, 0.2) is 11.5 Å². The second-order valence-corrected chi connectivity index (χ2v) is 6.32. The molecule has 1 atom stereocenters. The lowest BCUT2D eigenvalue weighted by Crippen LogP contribution is -2.30. The van der Waals surface area contributed by atoms with E-state index < -0.39 is 5.82 Å². The van der Waals surface area contributed by atoms with Crippen LogP contribution in [0.4, 0.5) is 10.1 Å². The highest BCUT2D eigenvalue weighted by molar-refractivity contribution is 6.35. The van der Waals surface area contributed by atoms with Gasteiger partial charge in [-0.2, -0.15) is 0 Å². The molecular formula is C17H15Cl2FN2O3. The van der Waals surface area contributed by atoms with Gasteiger partial charge in [-0.1, -0.05) is 23.2 Å². The van der Waals surface area contributed by atoms with E-state index in [1.807, 2.05) is 0 Å². The number of rotatable bonds is 5. The SMILES string of the molecule is C[C@H](NCC(=O)Nc1ccc2c(c1)OCO2)c1cc(F)c(Cl)cc1Cl. The summed E-state index contributed by atoms with van der Waals surface area (Å²) in [7, 11) is 0. The summed E-state index contributed by atoms with van der Waals surface area (Å²) >= 11 is 11.8. The maximum absolute atomic E-state index is 13.6. The molecular weight excluding hydrogens is 370 g/mol. The Kier molecular flexibility index (Phi) is 5.32. The van der Waals surface area contributed by atoms with E-state index in [2.05, 4.69) is 10.6 Å². The highest BCUT2D eigenvalue weighted by Gasteiger charge is 2.16. The normalized spacial score (nSPS) is 13.6. The number of hydrogen-bond donors (Lipinski definition) is 2. The fourth-order valence-corrected chi connectivity index (χ4v) is 2.95. The fourth-order valence-electron chi connectivity index (χ4n) is 2.41. The summed E-state index contributed by atoms with van der Waals surface area (Å²) in [6.07, 6.45) is 0. The number of fused-ring (bicyclic) bond motifs is 1. The Morgan fingerprint density at radius 2 is 1.96 bits per heavy atom. The molecule has 3 rings (SSSR count). The average Bonchev–Trinajstić information content (AvgIpc) is 3.03. The van der Waals surface area contributed by atoms with Gasteiger partial charge in [0.05, 0.1) is 11.6 Å². The highest BCUT2D eigenvalue weighted by atomic mass is 35.5. The highest BCUT2D eigenvalue weighted by Crippen LogP contribution is 2.34. The van der Waals surface area contributed by atoms with E-state index in [0.29, 0.717) is 27.8 Å². The summed E-state index contributed by atoms with van der Waals surface area (Å²) in [6, 6.07) is 7.41. The second kappa shape index (κ2) is 7.47. The predicted octanol–water partition coefficient (Wildman–Crippen LogP) is 4.15. The third-order valence-electron chi connectivity index (χ3n) is 3.73. The number of carbonyl (C=O) groups excluding carboxylic acids is 1. The van der Waals surface area contributed by atoms with Crippen LogP contribution in [-0.4, -0.2) is 19.2 Å². The first-order valence-corrected chi connectivity index (χ1v) is 8.27. The number of carbonyl (C=O) groups is 1. The largest absolute Gasteiger partial charge is 0.454 e. The summed E-state index contributed by atoms with van der Waals surface area (Å²) in [5, 5.41) is 6.04. The third-order valence-corrected chi connectivity index (χ3v) is 4.35. The molecule has 2 aromatic carbocycles. The van der Waals surface area contributed by atoms with Crippen molar-refractivity contribution in [3.63, 3.8) is 0 Å². The number of ether oxygens (including phenoxy) is 2. The molecule has 2 aromatic rings. The maximum Gasteiger partial charge on any atom is 0.238 e. The van der Waals surface area contributed by atoms with Crippen LogP contribution in [0.2, 0.25) is 10.0 Å². The van der Waals surface area contributed by atoms with Crippen molar-refractivity contribution < 1.29 is 18.7 Å². The fraction of sp³-hybridized carbons (Fsp3) is 0.235. The van der Waals surface area contributed by atoms with Crippen LogP contribution in [0.15, 0.2) is 30.3 Å². The van der Waals surface area contributed by atoms with Crippen LogP contribution in [0.25, 0.3) is 0 Å². The van der Waals surface area contributed by atoms with Gasteiger partial charge in [0.1, 0.15) is 5.82 Å². The molecule has 0 aromatic heterocycles. The molecule has 0 fully saturated rings. The molecule has 1 heterocycles. The van der Waals surface area contributed by atoms with Crippen LogP contribution in [0.5, 0.6) is 11.5 Å². The lowest BCUT2D eigenvalue weighted by molar-refractivity contribution is -0.115. The van der Waals surface area contributed by atoms with Crippen LogP contribution in [0, 0.1) is 5.82 Å². The second-order valence-electron chi connectivity index (χ2n) is 5.51. The Morgan fingerprint density at radius 3 is 2.76 bits per heavy atom. The van der Waals surface area contributed by atoms with Gasteiger partial charge >= 0.3 is 0 Å². The number of benzene rings is 2. The summed E-state index contributed by atoms with van der Waals surface area (Å²) in [4.78, 5) is 12.1.